The summed E-state index contributed by atoms with van der Waals surface area (Å²) in [5.41, 5.74) is 2.29. The van der Waals surface area contributed by atoms with Crippen molar-refractivity contribution < 1.29 is 14.7 Å². The monoisotopic (exact) mass is 361 g/mol. The number of amides is 2. The quantitative estimate of drug-likeness (QED) is 0.831. The van der Waals surface area contributed by atoms with Crippen LogP contribution in [-0.2, 0) is 11.2 Å². The number of hydrogen-bond acceptors (Lipinski definition) is 3. The van der Waals surface area contributed by atoms with Gasteiger partial charge >= 0.3 is 0 Å². The molecule has 0 saturated heterocycles. The van der Waals surface area contributed by atoms with E-state index in [-0.39, 0.29) is 18.2 Å². The van der Waals surface area contributed by atoms with Crippen LogP contribution in [0.15, 0.2) is 46.9 Å². The van der Waals surface area contributed by atoms with E-state index in [9.17, 15) is 14.7 Å². The van der Waals surface area contributed by atoms with Crippen LogP contribution in [0, 0.1) is 6.92 Å². The van der Waals surface area contributed by atoms with Gasteiger partial charge in [0.1, 0.15) is 5.75 Å². The minimum atomic E-state index is -0.300. The zero-order chi connectivity index (χ0) is 16.1. The van der Waals surface area contributed by atoms with E-state index in [0.29, 0.717) is 22.9 Å². The van der Waals surface area contributed by atoms with Crippen LogP contribution in [0.3, 0.4) is 0 Å². The smallest absolute Gasteiger partial charge is 0.260 e. The second-order valence-electron chi connectivity index (χ2n) is 4.95. The maximum Gasteiger partial charge on any atom is 0.260 e. The minimum absolute atomic E-state index is 0.159. The average Bonchev–Trinajstić information content (AvgIpc) is 2.51. The summed E-state index contributed by atoms with van der Waals surface area (Å²) in [6, 6.07) is 12.3. The molecule has 2 amide bonds. The molecular formula is C17H16BrNO3. The van der Waals surface area contributed by atoms with Gasteiger partial charge in [0.2, 0.25) is 6.41 Å². The molecule has 0 radical (unpaired) electrons. The topological polar surface area (TPSA) is 57.6 Å². The molecule has 22 heavy (non-hydrogen) atoms. The Labute approximate surface area is 137 Å². The molecule has 1 N–H and O–H groups in total. The number of halogens is 1. The summed E-state index contributed by atoms with van der Waals surface area (Å²) in [7, 11) is 0. The fourth-order valence-electron chi connectivity index (χ4n) is 2.13. The number of rotatable bonds is 5. The number of phenolic OH excluding ortho intramolecular Hbond substituents is 1. The zero-order valence-electron chi connectivity index (χ0n) is 12.1. The molecule has 0 saturated carbocycles. The van der Waals surface area contributed by atoms with E-state index >= 15 is 0 Å². The molecular weight excluding hydrogens is 346 g/mol. The molecule has 4 nitrogen and oxygen atoms in total. The van der Waals surface area contributed by atoms with E-state index in [1.54, 1.807) is 30.3 Å². The standard InChI is InChI=1S/C17H16BrNO3/c1-12-4-2-3-5-14(12)17(22)19(11-20)9-8-13-6-7-16(21)15(18)10-13/h2-7,10-11,21H,8-9H2,1H3. The van der Waals surface area contributed by atoms with Crippen LogP contribution in [0.1, 0.15) is 21.5 Å². The predicted octanol–water partition coefficient (Wildman–Crippen LogP) is 3.30. The van der Waals surface area contributed by atoms with Gasteiger partial charge in [-0.15, -0.1) is 0 Å². The molecule has 0 aliphatic heterocycles. The van der Waals surface area contributed by atoms with Crippen molar-refractivity contribution in [1.82, 2.24) is 4.90 Å². The van der Waals surface area contributed by atoms with Gasteiger partial charge in [-0.25, -0.2) is 0 Å². The van der Waals surface area contributed by atoms with Crippen molar-refractivity contribution in [3.8, 4) is 5.75 Å². The molecule has 114 valence electrons. The average molecular weight is 362 g/mol. The Morgan fingerprint density at radius 2 is 2.00 bits per heavy atom. The third-order valence-corrected chi connectivity index (χ3v) is 4.05. The zero-order valence-corrected chi connectivity index (χ0v) is 13.7. The van der Waals surface area contributed by atoms with E-state index in [4.69, 9.17) is 0 Å². The Morgan fingerprint density at radius 3 is 2.64 bits per heavy atom. The number of benzene rings is 2. The van der Waals surface area contributed by atoms with E-state index in [1.807, 2.05) is 19.1 Å². The highest BCUT2D eigenvalue weighted by molar-refractivity contribution is 9.10. The van der Waals surface area contributed by atoms with Gasteiger partial charge in [0.15, 0.2) is 0 Å². The maximum absolute atomic E-state index is 12.4. The van der Waals surface area contributed by atoms with E-state index in [0.717, 1.165) is 11.1 Å². The first-order valence-corrected chi connectivity index (χ1v) is 7.61. The van der Waals surface area contributed by atoms with Crippen molar-refractivity contribution in [2.75, 3.05) is 6.54 Å². The largest absolute Gasteiger partial charge is 0.507 e. The van der Waals surface area contributed by atoms with Crippen molar-refractivity contribution in [2.45, 2.75) is 13.3 Å². The molecule has 0 aliphatic rings. The minimum Gasteiger partial charge on any atom is -0.507 e. The Hall–Kier alpha value is -2.14. The fourth-order valence-corrected chi connectivity index (χ4v) is 2.55. The number of aromatic hydroxyl groups is 1. The van der Waals surface area contributed by atoms with Crippen molar-refractivity contribution in [2.24, 2.45) is 0 Å². The highest BCUT2D eigenvalue weighted by Crippen LogP contribution is 2.24. The molecule has 2 aromatic rings. The molecule has 0 aliphatic carbocycles. The molecule has 2 rings (SSSR count). The predicted molar refractivity (Wildman–Crippen MR) is 87.8 cm³/mol. The van der Waals surface area contributed by atoms with Crippen LogP contribution in [0.5, 0.6) is 5.75 Å². The summed E-state index contributed by atoms with van der Waals surface area (Å²) in [6.07, 6.45) is 1.08. The maximum atomic E-state index is 12.4. The van der Waals surface area contributed by atoms with Gasteiger partial charge in [-0.05, 0) is 58.6 Å². The normalized spacial score (nSPS) is 10.3. The van der Waals surface area contributed by atoms with Gasteiger partial charge < -0.3 is 5.11 Å². The number of imide groups is 1. The summed E-state index contributed by atoms with van der Waals surface area (Å²) < 4.78 is 0.591. The van der Waals surface area contributed by atoms with Crippen molar-refractivity contribution >= 4 is 28.2 Å². The Bertz CT molecular complexity index is 700. The lowest BCUT2D eigenvalue weighted by atomic mass is 10.1. The highest BCUT2D eigenvalue weighted by atomic mass is 79.9. The third kappa shape index (κ3) is 3.74. The highest BCUT2D eigenvalue weighted by Gasteiger charge is 2.16. The lowest BCUT2D eigenvalue weighted by molar-refractivity contribution is -0.115. The SMILES string of the molecule is Cc1ccccc1C(=O)N(C=O)CCc1ccc(O)c(Br)c1. The fraction of sp³-hybridized carbons (Fsp3) is 0.176. The molecule has 0 atom stereocenters. The van der Waals surface area contributed by atoms with Gasteiger partial charge in [0.25, 0.3) is 5.91 Å². The van der Waals surface area contributed by atoms with E-state index < -0.39 is 0 Å². The van der Waals surface area contributed by atoms with Crippen LogP contribution < -0.4 is 0 Å². The molecule has 0 aromatic heterocycles. The van der Waals surface area contributed by atoms with E-state index in [1.165, 1.54) is 4.90 Å². The Balaban J connectivity index is 2.09. The molecule has 2 aromatic carbocycles. The lowest BCUT2D eigenvalue weighted by Crippen LogP contribution is -2.32. The molecule has 0 bridgehead atoms. The van der Waals surface area contributed by atoms with Crippen LogP contribution in [0.4, 0.5) is 0 Å². The van der Waals surface area contributed by atoms with Crippen LogP contribution in [0.25, 0.3) is 0 Å². The number of carbonyl (C=O) groups is 2. The van der Waals surface area contributed by atoms with E-state index in [2.05, 4.69) is 15.9 Å². The summed E-state index contributed by atoms with van der Waals surface area (Å²) in [5.74, 6) is -0.141. The molecule has 0 spiro atoms. The lowest BCUT2D eigenvalue weighted by Gasteiger charge is -2.17. The molecule has 0 unspecified atom stereocenters. The van der Waals surface area contributed by atoms with Crippen molar-refractivity contribution in [3.05, 3.63) is 63.6 Å². The van der Waals surface area contributed by atoms with Gasteiger partial charge in [0, 0.05) is 12.1 Å². The van der Waals surface area contributed by atoms with Gasteiger partial charge in [-0.2, -0.15) is 0 Å². The molecule has 5 heteroatoms. The summed E-state index contributed by atoms with van der Waals surface area (Å²) >= 11 is 3.25. The summed E-state index contributed by atoms with van der Waals surface area (Å²) in [6.45, 7) is 2.13. The second kappa shape index (κ2) is 7.22. The third-order valence-electron chi connectivity index (χ3n) is 3.42. The second-order valence-corrected chi connectivity index (χ2v) is 5.81. The van der Waals surface area contributed by atoms with Gasteiger partial charge in [0.05, 0.1) is 4.47 Å². The number of nitrogens with zero attached hydrogens (tertiary/aromatic N) is 1. The first kappa shape index (κ1) is 16.2. The number of hydrogen-bond donors (Lipinski definition) is 1. The van der Waals surface area contributed by atoms with Crippen LogP contribution >= 0.6 is 15.9 Å². The number of phenols is 1. The van der Waals surface area contributed by atoms with Gasteiger partial charge in [-0.1, -0.05) is 24.3 Å². The first-order valence-electron chi connectivity index (χ1n) is 6.82. The summed E-state index contributed by atoms with van der Waals surface area (Å²) in [5, 5.41) is 9.47. The van der Waals surface area contributed by atoms with Crippen LogP contribution in [-0.4, -0.2) is 28.9 Å². The first-order chi connectivity index (χ1) is 10.5. The molecule has 0 heterocycles. The number of carbonyl (C=O) groups excluding carboxylic acids is 2. The van der Waals surface area contributed by atoms with Crippen molar-refractivity contribution in [1.29, 1.82) is 0 Å². The summed E-state index contributed by atoms with van der Waals surface area (Å²) in [4.78, 5) is 24.8. The van der Waals surface area contributed by atoms with Crippen LogP contribution in [0.2, 0.25) is 0 Å². The number of aryl methyl sites for hydroxylation is 1. The van der Waals surface area contributed by atoms with Gasteiger partial charge in [-0.3, -0.25) is 14.5 Å². The Morgan fingerprint density at radius 1 is 1.27 bits per heavy atom. The van der Waals surface area contributed by atoms with Crippen molar-refractivity contribution in [3.63, 3.8) is 0 Å². The Kier molecular flexibility index (Phi) is 5.33. The molecule has 0 fully saturated rings.